The second-order valence-electron chi connectivity index (χ2n) is 4.05. The van der Waals surface area contributed by atoms with E-state index in [-0.39, 0.29) is 0 Å². The maximum atomic E-state index is 10.1. The number of hydrogen-bond acceptors (Lipinski definition) is 3. The van der Waals surface area contributed by atoms with Gasteiger partial charge in [0, 0.05) is 29.9 Å². The lowest BCUT2D eigenvalue weighted by Gasteiger charge is -2.14. The maximum Gasteiger partial charge on any atom is 0.138 e. The Morgan fingerprint density at radius 2 is 2.25 bits per heavy atom. The standard InChI is InChI=1S/C12H22N2OS/c1-4-7-14-8-6-13-12(14)11(15)9-16-10(3)5-2/h6,8,10-11,15H,4-5,7,9H2,1-3H3. The van der Waals surface area contributed by atoms with Crippen LogP contribution in [0.1, 0.15) is 45.5 Å². The molecule has 0 aliphatic carbocycles. The molecule has 0 spiro atoms. The van der Waals surface area contributed by atoms with E-state index in [1.807, 2.05) is 10.8 Å². The summed E-state index contributed by atoms with van der Waals surface area (Å²) in [5.41, 5.74) is 0. The van der Waals surface area contributed by atoms with E-state index < -0.39 is 6.10 Å². The fraction of sp³-hybridized carbons (Fsp3) is 0.750. The summed E-state index contributed by atoms with van der Waals surface area (Å²) in [5, 5.41) is 10.7. The smallest absolute Gasteiger partial charge is 0.138 e. The van der Waals surface area contributed by atoms with Crippen LogP contribution >= 0.6 is 11.8 Å². The molecule has 0 radical (unpaired) electrons. The Bertz CT molecular complexity index is 301. The average molecular weight is 242 g/mol. The zero-order valence-electron chi connectivity index (χ0n) is 10.4. The minimum atomic E-state index is -0.444. The molecule has 2 unspecified atom stereocenters. The Labute approximate surface area is 102 Å². The first-order valence-electron chi connectivity index (χ1n) is 5.99. The highest BCUT2D eigenvalue weighted by atomic mass is 32.2. The summed E-state index contributed by atoms with van der Waals surface area (Å²) in [6.45, 7) is 7.42. The van der Waals surface area contributed by atoms with Crippen LogP contribution in [0.2, 0.25) is 0 Å². The molecule has 0 saturated heterocycles. The fourth-order valence-electron chi connectivity index (χ4n) is 1.50. The largest absolute Gasteiger partial charge is 0.384 e. The van der Waals surface area contributed by atoms with Crippen LogP contribution in [0.4, 0.5) is 0 Å². The third kappa shape index (κ3) is 3.83. The number of rotatable bonds is 7. The Morgan fingerprint density at radius 3 is 2.88 bits per heavy atom. The van der Waals surface area contributed by atoms with E-state index in [4.69, 9.17) is 0 Å². The van der Waals surface area contributed by atoms with Crippen LogP contribution < -0.4 is 0 Å². The molecule has 0 saturated carbocycles. The highest BCUT2D eigenvalue weighted by Crippen LogP contribution is 2.21. The van der Waals surface area contributed by atoms with Gasteiger partial charge in [-0.1, -0.05) is 20.8 Å². The van der Waals surface area contributed by atoms with Gasteiger partial charge in [-0.3, -0.25) is 0 Å². The number of nitrogens with zero attached hydrogens (tertiary/aromatic N) is 2. The van der Waals surface area contributed by atoms with Crippen LogP contribution in [-0.4, -0.2) is 25.7 Å². The second-order valence-corrected chi connectivity index (χ2v) is 5.52. The molecule has 1 aromatic rings. The topological polar surface area (TPSA) is 38.0 Å². The molecule has 4 heteroatoms. The van der Waals surface area contributed by atoms with Gasteiger partial charge in [-0.2, -0.15) is 11.8 Å². The van der Waals surface area contributed by atoms with Crippen molar-refractivity contribution in [1.82, 2.24) is 9.55 Å². The van der Waals surface area contributed by atoms with Crippen molar-refractivity contribution in [2.45, 2.75) is 51.5 Å². The highest BCUT2D eigenvalue weighted by Gasteiger charge is 2.14. The van der Waals surface area contributed by atoms with Crippen LogP contribution in [0, 0.1) is 0 Å². The molecule has 92 valence electrons. The first-order chi connectivity index (χ1) is 7.69. The lowest BCUT2D eigenvalue weighted by Crippen LogP contribution is -2.11. The Morgan fingerprint density at radius 1 is 1.50 bits per heavy atom. The Balaban J connectivity index is 2.51. The van der Waals surface area contributed by atoms with Gasteiger partial charge in [0.05, 0.1) is 0 Å². The van der Waals surface area contributed by atoms with Crippen LogP contribution in [0.3, 0.4) is 0 Å². The Hall–Kier alpha value is -0.480. The molecule has 1 rings (SSSR count). The second kappa shape index (κ2) is 6.97. The molecule has 3 nitrogen and oxygen atoms in total. The van der Waals surface area contributed by atoms with Crippen molar-refractivity contribution in [2.75, 3.05) is 5.75 Å². The third-order valence-corrected chi connectivity index (χ3v) is 4.03. The third-order valence-electron chi connectivity index (χ3n) is 2.62. The molecular formula is C12H22N2OS. The fourth-order valence-corrected chi connectivity index (χ4v) is 2.39. The minimum absolute atomic E-state index is 0.444. The number of aliphatic hydroxyl groups is 1. The normalized spacial score (nSPS) is 15.0. The van der Waals surface area contributed by atoms with Gasteiger partial charge in [-0.15, -0.1) is 0 Å². The molecule has 0 fully saturated rings. The summed E-state index contributed by atoms with van der Waals surface area (Å²) in [5.74, 6) is 1.54. The molecule has 1 N–H and O–H groups in total. The van der Waals surface area contributed by atoms with Crippen molar-refractivity contribution in [3.8, 4) is 0 Å². The molecule has 1 heterocycles. The molecule has 1 aromatic heterocycles. The van der Waals surface area contributed by atoms with Gasteiger partial charge in [0.2, 0.25) is 0 Å². The lowest BCUT2D eigenvalue weighted by molar-refractivity contribution is 0.188. The Kier molecular flexibility index (Phi) is 5.91. The first kappa shape index (κ1) is 13.6. The van der Waals surface area contributed by atoms with Crippen molar-refractivity contribution in [3.63, 3.8) is 0 Å². The van der Waals surface area contributed by atoms with E-state index in [0.29, 0.717) is 5.25 Å². The van der Waals surface area contributed by atoms with Gasteiger partial charge in [0.1, 0.15) is 11.9 Å². The number of imidazole rings is 1. The summed E-state index contributed by atoms with van der Waals surface area (Å²) in [6, 6.07) is 0. The maximum absolute atomic E-state index is 10.1. The zero-order valence-corrected chi connectivity index (χ0v) is 11.2. The van der Waals surface area contributed by atoms with Crippen molar-refractivity contribution in [1.29, 1.82) is 0 Å². The van der Waals surface area contributed by atoms with Gasteiger partial charge in [0.15, 0.2) is 0 Å². The van der Waals surface area contributed by atoms with Gasteiger partial charge in [-0.25, -0.2) is 4.98 Å². The monoisotopic (exact) mass is 242 g/mol. The number of thioether (sulfide) groups is 1. The van der Waals surface area contributed by atoms with Crippen LogP contribution in [-0.2, 0) is 6.54 Å². The van der Waals surface area contributed by atoms with Gasteiger partial charge >= 0.3 is 0 Å². The van der Waals surface area contributed by atoms with E-state index >= 15 is 0 Å². The van der Waals surface area contributed by atoms with Crippen LogP contribution in [0.25, 0.3) is 0 Å². The quantitative estimate of drug-likeness (QED) is 0.799. The van der Waals surface area contributed by atoms with Crippen LogP contribution in [0.5, 0.6) is 0 Å². The number of hydrogen-bond donors (Lipinski definition) is 1. The van der Waals surface area contributed by atoms with E-state index in [0.717, 1.165) is 31.0 Å². The lowest BCUT2D eigenvalue weighted by atomic mass is 10.3. The van der Waals surface area contributed by atoms with Crippen molar-refractivity contribution < 1.29 is 5.11 Å². The van der Waals surface area contributed by atoms with Crippen molar-refractivity contribution in [3.05, 3.63) is 18.2 Å². The van der Waals surface area contributed by atoms with Gasteiger partial charge in [0.25, 0.3) is 0 Å². The summed E-state index contributed by atoms with van der Waals surface area (Å²) >= 11 is 1.81. The highest BCUT2D eigenvalue weighted by molar-refractivity contribution is 7.99. The predicted octanol–water partition coefficient (Wildman–Crippen LogP) is 2.86. The van der Waals surface area contributed by atoms with E-state index in [2.05, 4.69) is 25.8 Å². The number of aliphatic hydroxyl groups excluding tert-OH is 1. The zero-order chi connectivity index (χ0) is 12.0. The predicted molar refractivity (Wildman–Crippen MR) is 69.7 cm³/mol. The summed E-state index contributed by atoms with van der Waals surface area (Å²) in [7, 11) is 0. The minimum Gasteiger partial charge on any atom is -0.384 e. The molecule has 0 bridgehead atoms. The van der Waals surface area contributed by atoms with Gasteiger partial charge in [-0.05, 0) is 12.8 Å². The SMILES string of the molecule is CCCn1ccnc1C(O)CSC(C)CC. The number of aromatic nitrogens is 2. The molecule has 0 amide bonds. The molecule has 16 heavy (non-hydrogen) atoms. The molecular weight excluding hydrogens is 220 g/mol. The first-order valence-corrected chi connectivity index (χ1v) is 7.04. The van der Waals surface area contributed by atoms with E-state index in [1.165, 1.54) is 0 Å². The molecule has 0 aromatic carbocycles. The van der Waals surface area contributed by atoms with Crippen LogP contribution in [0.15, 0.2) is 12.4 Å². The average Bonchev–Trinajstić information content (AvgIpc) is 2.74. The van der Waals surface area contributed by atoms with Crippen molar-refractivity contribution >= 4 is 11.8 Å². The van der Waals surface area contributed by atoms with Crippen molar-refractivity contribution in [2.24, 2.45) is 0 Å². The summed E-state index contributed by atoms with van der Waals surface area (Å²) in [6.07, 6.45) is 5.47. The molecule has 0 aliphatic heterocycles. The molecule has 0 aliphatic rings. The van der Waals surface area contributed by atoms with Gasteiger partial charge < -0.3 is 9.67 Å². The van der Waals surface area contributed by atoms with E-state index in [9.17, 15) is 5.11 Å². The molecule has 2 atom stereocenters. The number of aryl methyl sites for hydroxylation is 1. The summed E-state index contributed by atoms with van der Waals surface area (Å²) in [4.78, 5) is 4.24. The van der Waals surface area contributed by atoms with E-state index in [1.54, 1.807) is 18.0 Å². The summed E-state index contributed by atoms with van der Waals surface area (Å²) < 4.78 is 2.04.